The third-order valence-electron chi connectivity index (χ3n) is 5.15. The zero-order valence-corrected chi connectivity index (χ0v) is 17.1. The lowest BCUT2D eigenvalue weighted by Gasteiger charge is -2.38. The van der Waals surface area contributed by atoms with Gasteiger partial charge in [-0.3, -0.25) is 9.79 Å². The summed E-state index contributed by atoms with van der Waals surface area (Å²) in [5.74, 6) is -0.959. The highest BCUT2D eigenvalue weighted by Crippen LogP contribution is 2.39. The molecule has 1 N–H and O–H groups in total. The van der Waals surface area contributed by atoms with Crippen LogP contribution in [0.5, 0.6) is 0 Å². The van der Waals surface area contributed by atoms with Crippen molar-refractivity contribution in [2.24, 2.45) is 10.4 Å². The van der Waals surface area contributed by atoms with E-state index in [0.29, 0.717) is 12.1 Å². The molecule has 0 aliphatic carbocycles. The van der Waals surface area contributed by atoms with E-state index in [-0.39, 0.29) is 18.6 Å². The molecule has 0 fully saturated rings. The van der Waals surface area contributed by atoms with Crippen molar-refractivity contribution in [2.45, 2.75) is 52.5 Å². The number of aliphatic carboxylic acids is 1. The summed E-state index contributed by atoms with van der Waals surface area (Å²) in [5, 5.41) is 10.3. The molecule has 148 valence electrons. The minimum atomic E-state index is -1.42. The standard InChI is InChI=1S/C24H29NO3/c1-5-20(26)16-17-24(22(27)28,23(2,3)4)25-21(18-12-8-6-9-13-18)19-14-10-7-11-15-19/h6-15H,5,16-17H2,1-4H3,(H,27,28)/t24-/m0/s1. The van der Waals surface area contributed by atoms with Crippen LogP contribution in [0.3, 0.4) is 0 Å². The highest BCUT2D eigenvalue weighted by molar-refractivity contribution is 6.13. The molecule has 4 nitrogen and oxygen atoms in total. The first-order chi connectivity index (χ1) is 13.2. The molecule has 2 rings (SSSR count). The van der Waals surface area contributed by atoms with Crippen LogP contribution in [-0.2, 0) is 9.59 Å². The van der Waals surface area contributed by atoms with Gasteiger partial charge >= 0.3 is 5.97 Å². The van der Waals surface area contributed by atoms with Crippen LogP contribution < -0.4 is 0 Å². The van der Waals surface area contributed by atoms with Crippen LogP contribution in [0, 0.1) is 5.41 Å². The van der Waals surface area contributed by atoms with Crippen LogP contribution in [0.25, 0.3) is 0 Å². The monoisotopic (exact) mass is 379 g/mol. The third-order valence-corrected chi connectivity index (χ3v) is 5.15. The minimum absolute atomic E-state index is 0.0473. The van der Waals surface area contributed by atoms with Crippen molar-refractivity contribution in [3.05, 3.63) is 71.8 Å². The molecule has 0 radical (unpaired) electrons. The lowest BCUT2D eigenvalue weighted by Crippen LogP contribution is -2.49. The number of hydrogen-bond acceptors (Lipinski definition) is 3. The second-order valence-electron chi connectivity index (χ2n) is 8.00. The normalized spacial score (nSPS) is 13.4. The molecular formula is C24H29NO3. The molecule has 0 saturated carbocycles. The van der Waals surface area contributed by atoms with Crippen LogP contribution in [0.4, 0.5) is 0 Å². The molecule has 0 aromatic heterocycles. The first-order valence-corrected chi connectivity index (χ1v) is 9.67. The Labute approximate surface area is 167 Å². The van der Waals surface area contributed by atoms with E-state index in [1.807, 2.05) is 81.4 Å². The van der Waals surface area contributed by atoms with Crippen LogP contribution in [0.15, 0.2) is 65.7 Å². The quantitative estimate of drug-likeness (QED) is 0.645. The number of carboxylic acids is 1. The van der Waals surface area contributed by atoms with Crippen molar-refractivity contribution in [3.63, 3.8) is 0 Å². The van der Waals surface area contributed by atoms with E-state index in [1.54, 1.807) is 6.92 Å². The Morgan fingerprint density at radius 1 is 0.893 bits per heavy atom. The summed E-state index contributed by atoms with van der Waals surface area (Å²) in [5.41, 5.74) is 0.235. The highest BCUT2D eigenvalue weighted by atomic mass is 16.4. The number of aliphatic imine (C=N–C) groups is 1. The van der Waals surface area contributed by atoms with E-state index in [2.05, 4.69) is 0 Å². The van der Waals surface area contributed by atoms with Gasteiger partial charge in [0.15, 0.2) is 5.54 Å². The van der Waals surface area contributed by atoms with E-state index in [0.717, 1.165) is 11.1 Å². The molecule has 2 aromatic rings. The number of benzene rings is 2. The second-order valence-corrected chi connectivity index (χ2v) is 8.00. The van der Waals surface area contributed by atoms with Gasteiger partial charge in [-0.2, -0.15) is 0 Å². The average molecular weight is 380 g/mol. The smallest absolute Gasteiger partial charge is 0.332 e. The van der Waals surface area contributed by atoms with Crippen molar-refractivity contribution < 1.29 is 14.7 Å². The number of carbonyl (C=O) groups is 2. The molecule has 0 spiro atoms. The number of carboxylic acid groups (broad SMARTS) is 1. The highest BCUT2D eigenvalue weighted by Gasteiger charge is 2.49. The number of nitrogens with zero attached hydrogens (tertiary/aromatic N) is 1. The van der Waals surface area contributed by atoms with Crippen molar-refractivity contribution in [2.75, 3.05) is 0 Å². The van der Waals surface area contributed by atoms with Crippen molar-refractivity contribution in [1.29, 1.82) is 0 Å². The van der Waals surface area contributed by atoms with E-state index in [1.165, 1.54) is 0 Å². The molecule has 0 heterocycles. The summed E-state index contributed by atoms with van der Waals surface area (Å²) in [6.07, 6.45) is 0.760. The van der Waals surface area contributed by atoms with Crippen LogP contribution in [0.2, 0.25) is 0 Å². The summed E-state index contributed by atoms with van der Waals surface area (Å²) < 4.78 is 0. The number of rotatable bonds is 8. The van der Waals surface area contributed by atoms with E-state index < -0.39 is 16.9 Å². The molecular weight excluding hydrogens is 350 g/mol. The number of carbonyl (C=O) groups excluding carboxylic acids is 1. The van der Waals surface area contributed by atoms with Gasteiger partial charge in [-0.25, -0.2) is 4.79 Å². The number of Topliss-reactive ketones (excluding diaryl/α,β-unsaturated/α-hetero) is 1. The Morgan fingerprint density at radius 2 is 1.36 bits per heavy atom. The summed E-state index contributed by atoms with van der Waals surface area (Å²) >= 11 is 0. The topological polar surface area (TPSA) is 66.7 Å². The predicted molar refractivity (Wildman–Crippen MR) is 113 cm³/mol. The lowest BCUT2D eigenvalue weighted by molar-refractivity contribution is -0.148. The summed E-state index contributed by atoms with van der Waals surface area (Å²) in [7, 11) is 0. The molecule has 0 amide bonds. The Hall–Kier alpha value is -2.75. The van der Waals surface area contributed by atoms with Gasteiger partial charge in [-0.15, -0.1) is 0 Å². The van der Waals surface area contributed by atoms with Crippen molar-refractivity contribution in [1.82, 2.24) is 0 Å². The zero-order valence-electron chi connectivity index (χ0n) is 17.1. The Kier molecular flexibility index (Phi) is 6.90. The first kappa shape index (κ1) is 21.5. The van der Waals surface area contributed by atoms with Gasteiger partial charge in [0, 0.05) is 24.0 Å². The van der Waals surface area contributed by atoms with Gasteiger partial charge in [-0.1, -0.05) is 88.4 Å². The molecule has 0 saturated heterocycles. The maximum Gasteiger partial charge on any atom is 0.332 e. The fraction of sp³-hybridized carbons (Fsp3) is 0.375. The van der Waals surface area contributed by atoms with E-state index >= 15 is 0 Å². The average Bonchev–Trinajstić information content (AvgIpc) is 2.68. The molecule has 2 aromatic carbocycles. The molecule has 0 unspecified atom stereocenters. The maximum absolute atomic E-state index is 12.5. The number of hydrogen-bond donors (Lipinski definition) is 1. The van der Waals surface area contributed by atoms with Crippen molar-refractivity contribution in [3.8, 4) is 0 Å². The molecule has 0 bridgehead atoms. The fourth-order valence-corrected chi connectivity index (χ4v) is 3.25. The Balaban J connectivity index is 2.71. The van der Waals surface area contributed by atoms with Gasteiger partial charge < -0.3 is 5.11 Å². The van der Waals surface area contributed by atoms with Gasteiger partial charge in [0.2, 0.25) is 0 Å². The van der Waals surface area contributed by atoms with E-state index in [4.69, 9.17) is 4.99 Å². The van der Waals surface area contributed by atoms with E-state index in [9.17, 15) is 14.7 Å². The Morgan fingerprint density at radius 3 is 1.71 bits per heavy atom. The van der Waals surface area contributed by atoms with Crippen LogP contribution >= 0.6 is 0 Å². The molecule has 1 atom stereocenters. The summed E-state index contributed by atoms with van der Waals surface area (Å²) in [6.45, 7) is 7.41. The fourth-order valence-electron chi connectivity index (χ4n) is 3.25. The van der Waals surface area contributed by atoms with Crippen LogP contribution in [0.1, 0.15) is 58.1 Å². The second kappa shape index (κ2) is 8.96. The van der Waals surface area contributed by atoms with Gasteiger partial charge in [0.05, 0.1) is 5.71 Å². The van der Waals surface area contributed by atoms with Gasteiger partial charge in [0.1, 0.15) is 5.78 Å². The molecule has 0 aliphatic heterocycles. The minimum Gasteiger partial charge on any atom is -0.479 e. The summed E-state index contributed by atoms with van der Waals surface area (Å²) in [4.78, 5) is 29.4. The van der Waals surface area contributed by atoms with Crippen molar-refractivity contribution >= 4 is 17.5 Å². The molecule has 0 aliphatic rings. The third kappa shape index (κ3) is 4.75. The lowest BCUT2D eigenvalue weighted by atomic mass is 9.70. The maximum atomic E-state index is 12.5. The SMILES string of the molecule is CCC(=O)CC[C@](N=C(c1ccccc1)c1ccccc1)(C(=O)O)C(C)(C)C. The Bertz CT molecular complexity index is 794. The van der Waals surface area contributed by atoms with Crippen LogP contribution in [-0.4, -0.2) is 28.1 Å². The molecule has 4 heteroatoms. The molecule has 28 heavy (non-hydrogen) atoms. The van der Waals surface area contributed by atoms with Gasteiger partial charge in [-0.05, 0) is 11.8 Å². The number of ketones is 1. The van der Waals surface area contributed by atoms with Gasteiger partial charge in [0.25, 0.3) is 0 Å². The largest absolute Gasteiger partial charge is 0.479 e. The first-order valence-electron chi connectivity index (χ1n) is 9.67. The summed E-state index contributed by atoms with van der Waals surface area (Å²) in [6, 6.07) is 19.2. The predicted octanol–water partition coefficient (Wildman–Crippen LogP) is 5.15. The zero-order chi connectivity index (χ0) is 20.8.